The van der Waals surface area contributed by atoms with Crippen LogP contribution in [-0.4, -0.2) is 5.48 Å². The van der Waals surface area contributed by atoms with E-state index in [4.69, 9.17) is 0 Å². The van der Waals surface area contributed by atoms with Crippen LogP contribution >= 0.6 is 0 Å². The molecule has 5 heteroatoms. The van der Waals surface area contributed by atoms with Crippen LogP contribution in [0.2, 0.25) is 0 Å². The Hall–Kier alpha value is 2.92. The minimum atomic E-state index is 0. The van der Waals surface area contributed by atoms with Crippen molar-refractivity contribution in [1.82, 2.24) is 0 Å². The van der Waals surface area contributed by atoms with Gasteiger partial charge in [0.25, 0.3) is 0 Å². The maximum atomic E-state index is 0. The van der Waals surface area contributed by atoms with Crippen LogP contribution in [0.5, 0.6) is 0 Å². The monoisotopic (exact) mass is 429 g/mol. The van der Waals surface area contributed by atoms with Crippen LogP contribution in [0, 0.1) is 46.9 Å². The number of hydrogen-bond donors (Lipinski definition) is 0. The third-order valence-corrected chi connectivity index (χ3v) is 0. The molecule has 0 amide bonds. The molecule has 0 fully saturated rings. The first-order valence-corrected chi connectivity index (χ1v) is 0. The summed E-state index contributed by atoms with van der Waals surface area (Å²) in [5.74, 6) is 0. The molecule has 0 bridgehead atoms. The van der Waals surface area contributed by atoms with E-state index in [9.17, 15) is 0 Å². The third-order valence-electron chi connectivity index (χ3n) is 0. The molecule has 43 valence electrons. The van der Waals surface area contributed by atoms with Gasteiger partial charge in [-0.05, 0) is 0 Å². The second kappa shape index (κ2) is 28.4. The molecule has 0 unspecified atom stereocenters. The molecule has 0 aliphatic rings. The van der Waals surface area contributed by atoms with Gasteiger partial charge < -0.3 is 56.4 Å². The molecule has 0 aliphatic carbocycles. The molecule has 0 saturated carbocycles. The van der Waals surface area contributed by atoms with Crippen LogP contribution in [0.4, 0.5) is 0 Å². The SMILES string of the molecule is O.[Br-].[Br-].[Br-].[Yb+3]. The quantitative estimate of drug-likeness (QED) is 0.366. The van der Waals surface area contributed by atoms with Crippen molar-refractivity contribution in [2.24, 2.45) is 0 Å². The number of rotatable bonds is 0. The molecular formula is H2Br3OYb. The summed E-state index contributed by atoms with van der Waals surface area (Å²) in [6.45, 7) is 0. The zero-order valence-electron chi connectivity index (χ0n) is 1.90. The van der Waals surface area contributed by atoms with Crippen LogP contribution in [0.15, 0.2) is 0 Å². The van der Waals surface area contributed by atoms with Gasteiger partial charge in [-0.1, -0.05) is 0 Å². The molecule has 1 radical (unpaired) electrons. The molecule has 0 saturated heterocycles. The first kappa shape index (κ1) is 44.5. The molecule has 0 heterocycles. The van der Waals surface area contributed by atoms with E-state index in [2.05, 4.69) is 0 Å². The molecule has 0 aromatic rings. The van der Waals surface area contributed by atoms with Gasteiger partial charge in [-0.25, -0.2) is 0 Å². The van der Waals surface area contributed by atoms with E-state index in [0.717, 1.165) is 0 Å². The van der Waals surface area contributed by atoms with Crippen molar-refractivity contribution < 1.29 is 103 Å². The average molecular weight is 431 g/mol. The van der Waals surface area contributed by atoms with Crippen molar-refractivity contribution in [1.29, 1.82) is 0 Å². The number of halogens is 3. The Morgan fingerprint density at radius 1 is 0.600 bits per heavy atom. The summed E-state index contributed by atoms with van der Waals surface area (Å²) in [6, 6.07) is 0. The molecule has 0 aromatic carbocycles. The summed E-state index contributed by atoms with van der Waals surface area (Å²) < 4.78 is 0. The molecule has 0 spiro atoms. The van der Waals surface area contributed by atoms with Gasteiger partial charge in [0, 0.05) is 0 Å². The van der Waals surface area contributed by atoms with E-state index in [0.29, 0.717) is 0 Å². The Morgan fingerprint density at radius 2 is 0.600 bits per heavy atom. The summed E-state index contributed by atoms with van der Waals surface area (Å²) in [4.78, 5) is 0. The van der Waals surface area contributed by atoms with Gasteiger partial charge in [0.2, 0.25) is 0 Å². The second-order valence-electron chi connectivity index (χ2n) is 0. The van der Waals surface area contributed by atoms with E-state index in [1.54, 1.807) is 0 Å². The Kier molecular flexibility index (Phi) is 253. The fraction of sp³-hybridized carbons (Fsp3) is 0. The molecule has 0 aliphatic heterocycles. The van der Waals surface area contributed by atoms with Crippen molar-refractivity contribution in [2.45, 2.75) is 0 Å². The smallest absolute Gasteiger partial charge is 1.00 e. The molecule has 0 aromatic heterocycles. The van der Waals surface area contributed by atoms with E-state index in [1.807, 2.05) is 0 Å². The van der Waals surface area contributed by atoms with Gasteiger partial charge in [0.05, 0.1) is 0 Å². The van der Waals surface area contributed by atoms with E-state index < -0.39 is 0 Å². The first-order chi connectivity index (χ1) is 0. The van der Waals surface area contributed by atoms with E-state index in [-0.39, 0.29) is 103 Å². The molecular weight excluding hydrogens is 429 g/mol. The predicted molar refractivity (Wildman–Crippen MR) is 3.61 cm³/mol. The average Bonchev–Trinajstić information content (AvgIpc) is 0. The van der Waals surface area contributed by atoms with Gasteiger partial charge in [-0.15, -0.1) is 0 Å². The molecule has 0 atom stereocenters. The van der Waals surface area contributed by atoms with Crippen molar-refractivity contribution in [3.8, 4) is 0 Å². The Morgan fingerprint density at radius 3 is 0.600 bits per heavy atom. The van der Waals surface area contributed by atoms with Crippen LogP contribution in [0.3, 0.4) is 0 Å². The fourth-order valence-corrected chi connectivity index (χ4v) is 0. The van der Waals surface area contributed by atoms with Gasteiger partial charge in [0.15, 0.2) is 0 Å². The Labute approximate surface area is 101 Å². The fourth-order valence-electron chi connectivity index (χ4n) is 0. The zero-order chi connectivity index (χ0) is 0. The van der Waals surface area contributed by atoms with Gasteiger partial charge in [-0.3, -0.25) is 0 Å². The normalized spacial score (nSPS) is 0. The predicted octanol–water partition coefficient (Wildman–Crippen LogP) is -9.81. The van der Waals surface area contributed by atoms with E-state index >= 15 is 0 Å². The van der Waals surface area contributed by atoms with E-state index in [1.165, 1.54) is 0 Å². The van der Waals surface area contributed by atoms with Crippen molar-refractivity contribution in [2.75, 3.05) is 0 Å². The first-order valence-electron chi connectivity index (χ1n) is 0. The summed E-state index contributed by atoms with van der Waals surface area (Å²) in [5, 5.41) is 0. The summed E-state index contributed by atoms with van der Waals surface area (Å²) in [7, 11) is 0. The zero-order valence-corrected chi connectivity index (χ0v) is 8.37. The van der Waals surface area contributed by atoms with Crippen molar-refractivity contribution >= 4 is 0 Å². The van der Waals surface area contributed by atoms with Crippen LogP contribution in [0.1, 0.15) is 0 Å². The Balaban J connectivity index is 0. The minimum Gasteiger partial charge on any atom is -1.00 e. The van der Waals surface area contributed by atoms with Crippen molar-refractivity contribution in [3.05, 3.63) is 0 Å². The largest absolute Gasteiger partial charge is 3.00 e. The summed E-state index contributed by atoms with van der Waals surface area (Å²) in [6.07, 6.45) is 0. The maximum absolute atomic E-state index is 0. The molecule has 5 heavy (non-hydrogen) atoms. The molecule has 2 N–H and O–H groups in total. The standard InChI is InChI=1S/3BrH.H2O.Yb/h3*1H;1H2;/q;;;;+3/p-3. The number of hydrogen-bond acceptors (Lipinski definition) is 0. The van der Waals surface area contributed by atoms with Crippen LogP contribution < -0.4 is 50.9 Å². The third kappa shape index (κ3) is 19.6. The van der Waals surface area contributed by atoms with Gasteiger partial charge in [-0.2, -0.15) is 0 Å². The Bertz CT molecular complexity index is 6.85. The topological polar surface area (TPSA) is 31.5 Å². The summed E-state index contributed by atoms with van der Waals surface area (Å²) in [5.41, 5.74) is 0. The molecule has 1 nitrogen and oxygen atoms in total. The van der Waals surface area contributed by atoms with Crippen molar-refractivity contribution in [3.63, 3.8) is 0 Å². The van der Waals surface area contributed by atoms with Crippen LogP contribution in [-0.2, 0) is 0 Å². The van der Waals surface area contributed by atoms with Gasteiger partial charge >= 0.3 is 46.9 Å². The van der Waals surface area contributed by atoms with Crippen LogP contribution in [0.25, 0.3) is 0 Å². The second-order valence-corrected chi connectivity index (χ2v) is 0. The minimum absolute atomic E-state index is 0. The summed E-state index contributed by atoms with van der Waals surface area (Å²) >= 11 is 0. The van der Waals surface area contributed by atoms with Gasteiger partial charge in [0.1, 0.15) is 0 Å². The maximum Gasteiger partial charge on any atom is 3.00 e. The molecule has 0 rings (SSSR count).